The Bertz CT molecular complexity index is 456. The molecule has 8 heteroatoms. The fraction of sp³-hybridized carbons (Fsp3) is 0.769. The van der Waals surface area contributed by atoms with E-state index >= 15 is 0 Å². The van der Waals surface area contributed by atoms with Gasteiger partial charge >= 0.3 is 7.12 Å². The molecule has 1 aliphatic rings. The molecule has 0 radical (unpaired) electrons. The lowest BCUT2D eigenvalue weighted by Crippen LogP contribution is -2.41. The van der Waals surface area contributed by atoms with Crippen molar-refractivity contribution in [1.82, 2.24) is 0 Å². The summed E-state index contributed by atoms with van der Waals surface area (Å²) in [6, 6.07) is 0. The van der Waals surface area contributed by atoms with E-state index in [2.05, 4.69) is 4.99 Å². The summed E-state index contributed by atoms with van der Waals surface area (Å²) in [6.07, 6.45) is 2.83. The Kier molecular flexibility index (Phi) is 4.85. The predicted molar refractivity (Wildman–Crippen MR) is 82.8 cm³/mol. The van der Waals surface area contributed by atoms with Crippen LogP contribution in [0, 0.1) is 10.1 Å². The van der Waals surface area contributed by atoms with Crippen LogP contribution in [0.4, 0.5) is 0 Å². The van der Waals surface area contributed by atoms with E-state index in [4.69, 9.17) is 15.0 Å². The molecule has 0 bridgehead atoms. The molecule has 0 atom stereocenters. The number of nitro groups is 1. The molecule has 118 valence electrons. The van der Waals surface area contributed by atoms with E-state index in [9.17, 15) is 10.1 Å². The SMILES string of the molecule is CC(C)(CN=CC(=CN)B1OC(C)(C)C(C)(C)O1)[N+](=O)[O-]. The molecule has 0 unspecified atom stereocenters. The average molecular weight is 297 g/mol. The zero-order valence-electron chi connectivity index (χ0n) is 13.5. The average Bonchev–Trinajstić information content (AvgIpc) is 2.53. The van der Waals surface area contributed by atoms with Crippen LogP contribution in [0.2, 0.25) is 0 Å². The van der Waals surface area contributed by atoms with Crippen LogP contribution in [0.5, 0.6) is 0 Å². The standard InChI is InChI=1S/C13H24BN3O4/c1-11(2,17(18)19)9-16-8-10(7-15)14-20-12(3,4)13(5,6)21-14/h7-8H,9,15H2,1-6H3. The number of allylic oxidation sites excluding steroid dienone is 1. The van der Waals surface area contributed by atoms with Crippen LogP contribution in [0.15, 0.2) is 16.7 Å². The maximum atomic E-state index is 10.8. The lowest BCUT2D eigenvalue weighted by molar-refractivity contribution is -0.556. The lowest BCUT2D eigenvalue weighted by Gasteiger charge is -2.32. The Morgan fingerprint density at radius 2 is 1.81 bits per heavy atom. The van der Waals surface area contributed by atoms with Crippen LogP contribution in [-0.4, -0.2) is 41.5 Å². The first kappa shape index (κ1) is 17.6. The highest BCUT2D eigenvalue weighted by Crippen LogP contribution is 2.38. The van der Waals surface area contributed by atoms with Gasteiger partial charge in [-0.1, -0.05) is 0 Å². The number of nitrogens with two attached hydrogens (primary N) is 1. The van der Waals surface area contributed by atoms with Crippen LogP contribution in [0.1, 0.15) is 41.5 Å². The Morgan fingerprint density at radius 1 is 1.33 bits per heavy atom. The van der Waals surface area contributed by atoms with Gasteiger partial charge in [-0.15, -0.1) is 0 Å². The lowest BCUT2D eigenvalue weighted by atomic mass is 9.79. The third kappa shape index (κ3) is 3.82. The predicted octanol–water partition coefficient (Wildman–Crippen LogP) is 1.59. The van der Waals surface area contributed by atoms with E-state index < -0.39 is 23.9 Å². The molecule has 0 amide bonds. The minimum absolute atomic E-state index is 0.0524. The number of hydrogen-bond donors (Lipinski definition) is 1. The molecule has 1 heterocycles. The van der Waals surface area contributed by atoms with Gasteiger partial charge in [0.2, 0.25) is 5.54 Å². The molecule has 0 aromatic carbocycles. The van der Waals surface area contributed by atoms with Crippen LogP contribution in [0.3, 0.4) is 0 Å². The summed E-state index contributed by atoms with van der Waals surface area (Å²) in [6.45, 7) is 10.8. The Labute approximate surface area is 125 Å². The number of aliphatic imine (C=N–C) groups is 1. The second kappa shape index (κ2) is 5.77. The summed E-state index contributed by atoms with van der Waals surface area (Å²) in [5, 5.41) is 10.8. The molecule has 1 saturated heterocycles. The van der Waals surface area contributed by atoms with E-state index in [1.807, 2.05) is 27.7 Å². The molecule has 0 aromatic rings. The molecule has 1 fully saturated rings. The quantitative estimate of drug-likeness (QED) is 0.359. The summed E-state index contributed by atoms with van der Waals surface area (Å²) in [4.78, 5) is 14.6. The molecule has 2 N–H and O–H groups in total. The first-order valence-electron chi connectivity index (χ1n) is 6.85. The third-order valence-corrected chi connectivity index (χ3v) is 3.93. The van der Waals surface area contributed by atoms with Gasteiger partial charge in [0, 0.05) is 30.5 Å². The highest BCUT2D eigenvalue weighted by molar-refractivity contribution is 6.60. The Hall–Kier alpha value is -1.41. The summed E-state index contributed by atoms with van der Waals surface area (Å²) in [5.74, 6) is 0. The van der Waals surface area contributed by atoms with E-state index in [0.717, 1.165) is 0 Å². The van der Waals surface area contributed by atoms with E-state index in [1.165, 1.54) is 26.3 Å². The highest BCUT2D eigenvalue weighted by Gasteiger charge is 2.52. The molecule has 0 aliphatic carbocycles. The highest BCUT2D eigenvalue weighted by atomic mass is 16.7. The topological polar surface area (TPSA) is 100.0 Å². The summed E-state index contributed by atoms with van der Waals surface area (Å²) in [5.41, 5.74) is 4.08. The summed E-state index contributed by atoms with van der Waals surface area (Å²) >= 11 is 0. The first-order chi connectivity index (χ1) is 9.43. The van der Waals surface area contributed by atoms with Gasteiger partial charge in [0.25, 0.3) is 0 Å². The number of hydrogen-bond acceptors (Lipinski definition) is 6. The van der Waals surface area contributed by atoms with Gasteiger partial charge in [-0.25, -0.2) is 0 Å². The van der Waals surface area contributed by atoms with Crippen molar-refractivity contribution in [1.29, 1.82) is 0 Å². The van der Waals surface area contributed by atoms with Crippen LogP contribution >= 0.6 is 0 Å². The number of nitrogens with zero attached hydrogens (tertiary/aromatic N) is 2. The molecule has 0 aromatic heterocycles. The molecule has 1 rings (SSSR count). The van der Waals surface area contributed by atoms with Gasteiger partial charge in [0.05, 0.1) is 11.2 Å². The van der Waals surface area contributed by atoms with Crippen LogP contribution < -0.4 is 5.73 Å². The smallest absolute Gasteiger partial charge is 0.405 e. The number of rotatable bonds is 5. The second-order valence-corrected chi connectivity index (χ2v) is 6.79. The van der Waals surface area contributed by atoms with Gasteiger partial charge in [0.1, 0.15) is 6.54 Å². The molecule has 1 aliphatic heterocycles. The second-order valence-electron chi connectivity index (χ2n) is 6.79. The zero-order chi connectivity index (χ0) is 16.5. The van der Waals surface area contributed by atoms with Crippen molar-refractivity contribution in [3.63, 3.8) is 0 Å². The van der Waals surface area contributed by atoms with Gasteiger partial charge in [-0.3, -0.25) is 15.1 Å². The van der Waals surface area contributed by atoms with Gasteiger partial charge < -0.3 is 15.0 Å². The third-order valence-electron chi connectivity index (χ3n) is 3.93. The largest absolute Gasteiger partial charge is 0.497 e. The van der Waals surface area contributed by atoms with E-state index in [1.54, 1.807) is 0 Å². The summed E-state index contributed by atoms with van der Waals surface area (Å²) in [7, 11) is -0.623. The van der Waals surface area contributed by atoms with Crippen LogP contribution in [-0.2, 0) is 9.31 Å². The van der Waals surface area contributed by atoms with Crippen molar-refractivity contribution in [2.24, 2.45) is 10.7 Å². The first-order valence-corrected chi connectivity index (χ1v) is 6.85. The Morgan fingerprint density at radius 3 is 2.19 bits per heavy atom. The van der Waals surface area contributed by atoms with Crippen molar-refractivity contribution in [2.75, 3.05) is 6.54 Å². The minimum Gasteiger partial charge on any atom is -0.405 e. The molecule has 0 saturated carbocycles. The summed E-state index contributed by atoms with van der Waals surface area (Å²) < 4.78 is 11.7. The molecule has 7 nitrogen and oxygen atoms in total. The van der Waals surface area contributed by atoms with Crippen molar-refractivity contribution in [2.45, 2.75) is 58.3 Å². The van der Waals surface area contributed by atoms with E-state index in [0.29, 0.717) is 5.47 Å². The fourth-order valence-electron chi connectivity index (χ4n) is 1.59. The van der Waals surface area contributed by atoms with Crippen molar-refractivity contribution in [3.8, 4) is 0 Å². The normalized spacial score (nSPS) is 22.0. The Balaban J connectivity index is 2.77. The van der Waals surface area contributed by atoms with Gasteiger partial charge in [-0.2, -0.15) is 0 Å². The molecular formula is C13H24BN3O4. The van der Waals surface area contributed by atoms with Crippen molar-refractivity contribution < 1.29 is 14.2 Å². The van der Waals surface area contributed by atoms with Crippen molar-refractivity contribution >= 4 is 13.3 Å². The van der Waals surface area contributed by atoms with Gasteiger partial charge in [-0.05, 0) is 33.9 Å². The molecule has 0 spiro atoms. The maximum absolute atomic E-state index is 10.8. The maximum Gasteiger partial charge on any atom is 0.497 e. The fourth-order valence-corrected chi connectivity index (χ4v) is 1.59. The van der Waals surface area contributed by atoms with Gasteiger partial charge in [0.15, 0.2) is 0 Å². The van der Waals surface area contributed by atoms with Crippen molar-refractivity contribution in [3.05, 3.63) is 21.8 Å². The monoisotopic (exact) mass is 297 g/mol. The van der Waals surface area contributed by atoms with Crippen LogP contribution in [0.25, 0.3) is 0 Å². The molecular weight excluding hydrogens is 273 g/mol. The molecule has 21 heavy (non-hydrogen) atoms. The minimum atomic E-state index is -1.12. The van der Waals surface area contributed by atoms with E-state index in [-0.39, 0.29) is 11.5 Å². The zero-order valence-corrected chi connectivity index (χ0v) is 13.5.